The molecule has 1 unspecified atom stereocenters. The maximum Gasteiger partial charge on any atom is 0.141 e. The van der Waals surface area contributed by atoms with E-state index in [9.17, 15) is 4.39 Å². The summed E-state index contributed by atoms with van der Waals surface area (Å²) < 4.78 is 13.3. The molecule has 106 valence electrons. The molecule has 0 aliphatic carbocycles. The first kappa shape index (κ1) is 14.8. The van der Waals surface area contributed by atoms with E-state index in [1.54, 1.807) is 12.1 Å². The summed E-state index contributed by atoms with van der Waals surface area (Å²) >= 11 is 5.86. The highest BCUT2D eigenvalue weighted by molar-refractivity contribution is 6.30. The highest BCUT2D eigenvalue weighted by Crippen LogP contribution is 2.29. The number of anilines is 1. The minimum atomic E-state index is -0.412. The Hall–Kier alpha value is -1.58. The van der Waals surface area contributed by atoms with Crippen LogP contribution in [0.3, 0.4) is 0 Å². The highest BCUT2D eigenvalue weighted by atomic mass is 35.5. The summed E-state index contributed by atoms with van der Waals surface area (Å²) in [6.07, 6.45) is 0. The van der Waals surface area contributed by atoms with Gasteiger partial charge in [-0.25, -0.2) is 4.39 Å². The summed E-state index contributed by atoms with van der Waals surface area (Å²) in [7, 11) is 1.98. The Morgan fingerprint density at radius 2 is 1.95 bits per heavy atom. The van der Waals surface area contributed by atoms with Crippen molar-refractivity contribution in [2.75, 3.05) is 18.5 Å². The fraction of sp³-hybridized carbons (Fsp3) is 0.250. The second kappa shape index (κ2) is 6.25. The summed E-state index contributed by atoms with van der Waals surface area (Å²) in [6.45, 7) is 2.48. The van der Waals surface area contributed by atoms with Crippen molar-refractivity contribution in [3.8, 4) is 0 Å². The second-order valence-electron chi connectivity index (χ2n) is 4.82. The Morgan fingerprint density at radius 3 is 2.55 bits per heavy atom. The molecule has 0 fully saturated rings. The average molecular weight is 293 g/mol. The van der Waals surface area contributed by atoms with E-state index in [0.717, 1.165) is 11.3 Å². The number of aryl methyl sites for hydroxylation is 1. The summed E-state index contributed by atoms with van der Waals surface area (Å²) in [6, 6.07) is 12.8. The molecule has 0 amide bonds. The minimum absolute atomic E-state index is 0.0470. The van der Waals surface area contributed by atoms with Crippen molar-refractivity contribution in [1.29, 1.82) is 0 Å². The number of para-hydroxylation sites is 1. The third kappa shape index (κ3) is 2.94. The van der Waals surface area contributed by atoms with Gasteiger partial charge in [-0.15, -0.1) is 0 Å². The van der Waals surface area contributed by atoms with Crippen LogP contribution in [0.1, 0.15) is 17.2 Å². The molecule has 0 aromatic heterocycles. The molecule has 0 saturated heterocycles. The minimum Gasteiger partial charge on any atom is -0.366 e. The zero-order valence-corrected chi connectivity index (χ0v) is 12.4. The Kier molecular flexibility index (Phi) is 4.63. The lowest BCUT2D eigenvalue weighted by atomic mass is 10.0. The molecule has 0 saturated carbocycles. The van der Waals surface area contributed by atoms with E-state index in [2.05, 4.69) is 17.9 Å². The van der Waals surface area contributed by atoms with E-state index in [1.165, 1.54) is 11.6 Å². The van der Waals surface area contributed by atoms with Crippen molar-refractivity contribution < 1.29 is 4.39 Å². The molecule has 20 heavy (non-hydrogen) atoms. The quantitative estimate of drug-likeness (QED) is 0.925. The third-order valence-electron chi connectivity index (χ3n) is 3.51. The fourth-order valence-corrected chi connectivity index (χ4v) is 2.55. The number of likely N-dealkylation sites (N-methyl/N-ethyl adjacent to an activating group) is 1. The van der Waals surface area contributed by atoms with E-state index in [4.69, 9.17) is 17.3 Å². The van der Waals surface area contributed by atoms with E-state index < -0.39 is 5.82 Å². The van der Waals surface area contributed by atoms with Crippen molar-refractivity contribution in [1.82, 2.24) is 0 Å². The third-order valence-corrected chi connectivity index (χ3v) is 3.80. The van der Waals surface area contributed by atoms with Crippen LogP contribution in [0.5, 0.6) is 0 Å². The molecule has 2 N–H and O–H groups in total. The standard InChI is InChI=1S/C16H18ClFN2/c1-11-5-3-4-6-15(11)20(2)16(10-19)12-7-8-14(18)13(17)9-12/h3-9,16H,10,19H2,1-2H3. The van der Waals surface area contributed by atoms with Gasteiger partial charge in [0.15, 0.2) is 0 Å². The van der Waals surface area contributed by atoms with Gasteiger partial charge in [-0.2, -0.15) is 0 Å². The first-order chi connectivity index (χ1) is 9.54. The van der Waals surface area contributed by atoms with E-state index in [-0.39, 0.29) is 11.1 Å². The van der Waals surface area contributed by atoms with Crippen LogP contribution in [0.2, 0.25) is 5.02 Å². The van der Waals surface area contributed by atoms with Gasteiger partial charge >= 0.3 is 0 Å². The molecule has 1 atom stereocenters. The van der Waals surface area contributed by atoms with Crippen molar-refractivity contribution in [3.63, 3.8) is 0 Å². The number of benzene rings is 2. The Balaban J connectivity index is 2.36. The highest BCUT2D eigenvalue weighted by Gasteiger charge is 2.18. The molecule has 0 aliphatic heterocycles. The zero-order valence-electron chi connectivity index (χ0n) is 11.6. The monoisotopic (exact) mass is 292 g/mol. The van der Waals surface area contributed by atoms with Crippen LogP contribution in [-0.4, -0.2) is 13.6 Å². The fourth-order valence-electron chi connectivity index (χ4n) is 2.36. The molecule has 0 bridgehead atoms. The van der Waals surface area contributed by atoms with Gasteiger partial charge in [0.25, 0.3) is 0 Å². The summed E-state index contributed by atoms with van der Waals surface area (Å²) in [5, 5.41) is 0.124. The topological polar surface area (TPSA) is 29.3 Å². The van der Waals surface area contributed by atoms with Gasteiger partial charge in [0.05, 0.1) is 11.1 Å². The SMILES string of the molecule is Cc1ccccc1N(C)C(CN)c1ccc(F)c(Cl)c1. The Bertz CT molecular complexity index is 601. The van der Waals surface area contributed by atoms with Gasteiger partial charge in [-0.05, 0) is 36.2 Å². The van der Waals surface area contributed by atoms with Gasteiger partial charge < -0.3 is 10.6 Å². The normalized spacial score (nSPS) is 12.2. The van der Waals surface area contributed by atoms with Gasteiger partial charge in [0.2, 0.25) is 0 Å². The maximum absolute atomic E-state index is 13.3. The lowest BCUT2D eigenvalue weighted by molar-refractivity contribution is 0.623. The van der Waals surface area contributed by atoms with Crippen molar-refractivity contribution in [3.05, 3.63) is 64.4 Å². The van der Waals surface area contributed by atoms with Crippen LogP contribution in [0.15, 0.2) is 42.5 Å². The van der Waals surface area contributed by atoms with Crippen LogP contribution < -0.4 is 10.6 Å². The van der Waals surface area contributed by atoms with Crippen molar-refractivity contribution >= 4 is 17.3 Å². The zero-order chi connectivity index (χ0) is 14.7. The smallest absolute Gasteiger partial charge is 0.141 e. The number of nitrogens with two attached hydrogens (primary N) is 1. The molecule has 2 rings (SSSR count). The number of hydrogen-bond acceptors (Lipinski definition) is 2. The molecule has 0 aliphatic rings. The second-order valence-corrected chi connectivity index (χ2v) is 5.23. The Morgan fingerprint density at radius 1 is 1.25 bits per heavy atom. The lowest BCUT2D eigenvalue weighted by Crippen LogP contribution is -2.30. The number of halogens is 2. The molecule has 0 radical (unpaired) electrons. The van der Waals surface area contributed by atoms with E-state index in [1.807, 2.05) is 25.2 Å². The van der Waals surface area contributed by atoms with Crippen molar-refractivity contribution in [2.45, 2.75) is 13.0 Å². The number of rotatable bonds is 4. The Labute approximate surface area is 124 Å². The first-order valence-corrected chi connectivity index (χ1v) is 6.86. The summed E-state index contributed by atoms with van der Waals surface area (Å²) in [4.78, 5) is 2.10. The molecule has 2 aromatic rings. The number of nitrogens with zero attached hydrogens (tertiary/aromatic N) is 1. The molecule has 2 nitrogen and oxygen atoms in total. The van der Waals surface area contributed by atoms with Crippen LogP contribution in [-0.2, 0) is 0 Å². The van der Waals surface area contributed by atoms with Gasteiger partial charge in [0, 0.05) is 19.3 Å². The molecule has 2 aromatic carbocycles. The van der Waals surface area contributed by atoms with Crippen LogP contribution in [0, 0.1) is 12.7 Å². The van der Waals surface area contributed by atoms with Gasteiger partial charge in [0.1, 0.15) is 5.82 Å². The molecule has 4 heteroatoms. The largest absolute Gasteiger partial charge is 0.366 e. The predicted molar refractivity (Wildman–Crippen MR) is 82.8 cm³/mol. The first-order valence-electron chi connectivity index (χ1n) is 6.48. The molecule has 0 heterocycles. The van der Waals surface area contributed by atoms with Crippen LogP contribution in [0.25, 0.3) is 0 Å². The summed E-state index contributed by atoms with van der Waals surface area (Å²) in [5.41, 5.74) is 9.08. The molecular weight excluding hydrogens is 275 g/mol. The average Bonchev–Trinajstić information content (AvgIpc) is 2.44. The van der Waals surface area contributed by atoms with E-state index in [0.29, 0.717) is 6.54 Å². The van der Waals surface area contributed by atoms with Crippen molar-refractivity contribution in [2.24, 2.45) is 5.73 Å². The van der Waals surface area contributed by atoms with Crippen LogP contribution >= 0.6 is 11.6 Å². The van der Waals surface area contributed by atoms with Gasteiger partial charge in [-0.1, -0.05) is 35.9 Å². The lowest BCUT2D eigenvalue weighted by Gasteiger charge is -2.31. The predicted octanol–water partition coefficient (Wildman–Crippen LogP) is 3.92. The van der Waals surface area contributed by atoms with Crippen LogP contribution in [0.4, 0.5) is 10.1 Å². The molecular formula is C16H18ClFN2. The van der Waals surface area contributed by atoms with Gasteiger partial charge in [-0.3, -0.25) is 0 Å². The molecule has 0 spiro atoms. The summed E-state index contributed by atoms with van der Waals surface area (Å²) in [5.74, 6) is -0.412. The maximum atomic E-state index is 13.3. The number of hydrogen-bond donors (Lipinski definition) is 1. The van der Waals surface area contributed by atoms with E-state index >= 15 is 0 Å².